The van der Waals surface area contributed by atoms with Gasteiger partial charge in [-0.15, -0.1) is 0 Å². The van der Waals surface area contributed by atoms with Gasteiger partial charge in [-0.3, -0.25) is 4.79 Å². The van der Waals surface area contributed by atoms with Crippen molar-refractivity contribution in [2.45, 2.75) is 39.3 Å². The van der Waals surface area contributed by atoms with Crippen molar-refractivity contribution in [1.29, 1.82) is 0 Å². The Bertz CT molecular complexity index is 489. The SMILES string of the molecule is CCNC(C)(C)C(=O)N(C)C(C)c1ccc(Cl)cc1Cl. The Balaban J connectivity index is 2.96. The van der Waals surface area contributed by atoms with Gasteiger partial charge in [0.2, 0.25) is 5.91 Å². The lowest BCUT2D eigenvalue weighted by atomic mass is 10.0. The number of hydrogen-bond donors (Lipinski definition) is 1. The standard InChI is InChI=1S/C15H22Cl2N2O/c1-6-18-15(3,4)14(20)19(5)10(2)12-8-7-11(16)9-13(12)17/h7-10,18H,6H2,1-5H3. The third-order valence-corrected chi connectivity index (χ3v) is 4.03. The average molecular weight is 317 g/mol. The smallest absolute Gasteiger partial charge is 0.242 e. The van der Waals surface area contributed by atoms with Crippen molar-refractivity contribution in [3.05, 3.63) is 33.8 Å². The largest absolute Gasteiger partial charge is 0.337 e. The van der Waals surface area contributed by atoms with E-state index in [1.807, 2.05) is 33.8 Å². The summed E-state index contributed by atoms with van der Waals surface area (Å²) in [6.45, 7) is 8.43. The number of amides is 1. The molecule has 0 fully saturated rings. The highest BCUT2D eigenvalue weighted by atomic mass is 35.5. The molecule has 0 aliphatic carbocycles. The van der Waals surface area contributed by atoms with Gasteiger partial charge in [-0.25, -0.2) is 0 Å². The number of likely N-dealkylation sites (N-methyl/N-ethyl adjacent to an activating group) is 2. The number of rotatable bonds is 5. The molecule has 3 nitrogen and oxygen atoms in total. The first-order valence-electron chi connectivity index (χ1n) is 6.68. The predicted octanol–water partition coefficient (Wildman–Crippen LogP) is 3.90. The van der Waals surface area contributed by atoms with Crippen LogP contribution in [0.3, 0.4) is 0 Å². The molecule has 1 unspecified atom stereocenters. The van der Waals surface area contributed by atoms with Crippen molar-refractivity contribution in [1.82, 2.24) is 10.2 Å². The predicted molar refractivity (Wildman–Crippen MR) is 85.4 cm³/mol. The number of nitrogens with zero attached hydrogens (tertiary/aromatic N) is 1. The van der Waals surface area contributed by atoms with E-state index < -0.39 is 5.54 Å². The molecule has 0 saturated heterocycles. The maximum absolute atomic E-state index is 12.5. The molecular formula is C15H22Cl2N2O. The first-order chi connectivity index (χ1) is 9.20. The first-order valence-corrected chi connectivity index (χ1v) is 7.43. The Labute approximate surface area is 131 Å². The highest BCUT2D eigenvalue weighted by Crippen LogP contribution is 2.30. The molecule has 0 aliphatic heterocycles. The lowest BCUT2D eigenvalue weighted by Crippen LogP contribution is -2.53. The monoisotopic (exact) mass is 316 g/mol. The molecule has 1 aromatic carbocycles. The van der Waals surface area contributed by atoms with Crippen LogP contribution in [0.25, 0.3) is 0 Å². The van der Waals surface area contributed by atoms with E-state index in [0.29, 0.717) is 10.0 Å². The number of benzene rings is 1. The zero-order chi connectivity index (χ0) is 15.5. The first kappa shape index (κ1) is 17.3. The molecule has 0 spiro atoms. The number of hydrogen-bond acceptors (Lipinski definition) is 2. The Morgan fingerprint density at radius 3 is 2.50 bits per heavy atom. The van der Waals surface area contributed by atoms with E-state index in [2.05, 4.69) is 5.32 Å². The van der Waals surface area contributed by atoms with Crippen LogP contribution in [0.4, 0.5) is 0 Å². The summed E-state index contributed by atoms with van der Waals surface area (Å²) in [6, 6.07) is 5.22. The van der Waals surface area contributed by atoms with E-state index in [4.69, 9.17) is 23.2 Å². The van der Waals surface area contributed by atoms with Gasteiger partial charge in [0, 0.05) is 17.1 Å². The van der Waals surface area contributed by atoms with E-state index in [1.54, 1.807) is 24.1 Å². The summed E-state index contributed by atoms with van der Waals surface area (Å²) in [7, 11) is 1.79. The molecule has 1 amide bonds. The average Bonchev–Trinajstić information content (AvgIpc) is 2.36. The van der Waals surface area contributed by atoms with Crippen LogP contribution >= 0.6 is 23.2 Å². The van der Waals surface area contributed by atoms with Gasteiger partial charge in [0.25, 0.3) is 0 Å². The summed E-state index contributed by atoms with van der Waals surface area (Å²) >= 11 is 12.1. The maximum atomic E-state index is 12.5. The second-order valence-electron chi connectivity index (χ2n) is 5.41. The minimum absolute atomic E-state index is 0.0258. The highest BCUT2D eigenvalue weighted by molar-refractivity contribution is 6.35. The van der Waals surface area contributed by atoms with Crippen LogP contribution in [0.15, 0.2) is 18.2 Å². The molecule has 0 bridgehead atoms. The zero-order valence-electron chi connectivity index (χ0n) is 12.6. The van der Waals surface area contributed by atoms with Gasteiger partial charge in [-0.1, -0.05) is 36.2 Å². The third kappa shape index (κ3) is 3.87. The Morgan fingerprint density at radius 1 is 1.40 bits per heavy atom. The molecule has 0 aromatic heterocycles. The highest BCUT2D eigenvalue weighted by Gasteiger charge is 2.32. The number of nitrogens with one attached hydrogen (secondary N) is 1. The van der Waals surface area contributed by atoms with E-state index in [-0.39, 0.29) is 11.9 Å². The summed E-state index contributed by atoms with van der Waals surface area (Å²) < 4.78 is 0. The van der Waals surface area contributed by atoms with E-state index in [9.17, 15) is 4.79 Å². The van der Waals surface area contributed by atoms with Gasteiger partial charge < -0.3 is 10.2 Å². The van der Waals surface area contributed by atoms with Crippen molar-refractivity contribution in [3.63, 3.8) is 0 Å². The Kier molecular flexibility index (Phi) is 5.87. The summed E-state index contributed by atoms with van der Waals surface area (Å²) in [5.41, 5.74) is 0.288. The van der Waals surface area contributed by atoms with Crippen LogP contribution in [0, 0.1) is 0 Å². The second kappa shape index (κ2) is 6.79. The molecule has 20 heavy (non-hydrogen) atoms. The van der Waals surface area contributed by atoms with Crippen molar-refractivity contribution in [2.75, 3.05) is 13.6 Å². The molecule has 1 aromatic rings. The number of carbonyl (C=O) groups excluding carboxylic acids is 1. The van der Waals surface area contributed by atoms with Gasteiger partial charge in [0.05, 0.1) is 11.6 Å². The minimum atomic E-state index is -0.601. The van der Waals surface area contributed by atoms with Crippen LogP contribution in [-0.2, 0) is 4.79 Å². The summed E-state index contributed by atoms with van der Waals surface area (Å²) in [5.74, 6) is 0.0258. The summed E-state index contributed by atoms with van der Waals surface area (Å²) in [6.07, 6.45) is 0. The molecule has 1 rings (SSSR count). The molecule has 112 valence electrons. The van der Waals surface area contributed by atoms with Gasteiger partial charge in [-0.2, -0.15) is 0 Å². The van der Waals surface area contributed by atoms with Crippen molar-refractivity contribution in [3.8, 4) is 0 Å². The number of halogens is 2. The van der Waals surface area contributed by atoms with Crippen LogP contribution < -0.4 is 5.32 Å². The zero-order valence-corrected chi connectivity index (χ0v) is 14.1. The second-order valence-corrected chi connectivity index (χ2v) is 6.26. The lowest BCUT2D eigenvalue weighted by molar-refractivity contribution is -0.137. The van der Waals surface area contributed by atoms with Gasteiger partial charge in [0.1, 0.15) is 0 Å². The van der Waals surface area contributed by atoms with Gasteiger partial charge >= 0.3 is 0 Å². The summed E-state index contributed by atoms with van der Waals surface area (Å²) in [5, 5.41) is 4.35. The Hall–Kier alpha value is -0.770. The lowest BCUT2D eigenvalue weighted by Gasteiger charge is -2.34. The number of carbonyl (C=O) groups is 1. The Morgan fingerprint density at radius 2 is 2.00 bits per heavy atom. The minimum Gasteiger partial charge on any atom is -0.337 e. The molecule has 0 saturated carbocycles. The van der Waals surface area contributed by atoms with Gasteiger partial charge in [-0.05, 0) is 45.0 Å². The molecule has 0 radical (unpaired) electrons. The topological polar surface area (TPSA) is 32.3 Å². The quantitative estimate of drug-likeness (QED) is 0.893. The van der Waals surface area contributed by atoms with E-state index in [0.717, 1.165) is 12.1 Å². The van der Waals surface area contributed by atoms with Crippen molar-refractivity contribution < 1.29 is 4.79 Å². The fraction of sp³-hybridized carbons (Fsp3) is 0.533. The van der Waals surface area contributed by atoms with Gasteiger partial charge in [0.15, 0.2) is 0 Å². The van der Waals surface area contributed by atoms with Crippen LogP contribution in [0.2, 0.25) is 10.0 Å². The van der Waals surface area contributed by atoms with Crippen molar-refractivity contribution >= 4 is 29.1 Å². The molecule has 0 aliphatic rings. The molecule has 1 N–H and O–H groups in total. The fourth-order valence-corrected chi connectivity index (χ4v) is 2.75. The fourth-order valence-electron chi connectivity index (χ4n) is 2.18. The summed E-state index contributed by atoms with van der Waals surface area (Å²) in [4.78, 5) is 14.2. The third-order valence-electron chi connectivity index (χ3n) is 3.47. The molecule has 1 atom stereocenters. The van der Waals surface area contributed by atoms with Crippen LogP contribution in [0.1, 0.15) is 39.3 Å². The van der Waals surface area contributed by atoms with Crippen LogP contribution in [-0.4, -0.2) is 29.9 Å². The maximum Gasteiger partial charge on any atom is 0.242 e. The molecule has 5 heteroatoms. The normalized spacial score (nSPS) is 13.2. The van der Waals surface area contributed by atoms with E-state index in [1.165, 1.54) is 0 Å². The van der Waals surface area contributed by atoms with Crippen LogP contribution in [0.5, 0.6) is 0 Å². The molecular weight excluding hydrogens is 295 g/mol. The van der Waals surface area contributed by atoms with E-state index >= 15 is 0 Å². The van der Waals surface area contributed by atoms with Crippen molar-refractivity contribution in [2.24, 2.45) is 0 Å². The molecule has 0 heterocycles.